The van der Waals surface area contributed by atoms with E-state index in [2.05, 4.69) is 22.9 Å². The number of fused-ring (bicyclic) bond motifs is 1. The molecule has 27 heavy (non-hydrogen) atoms. The molecular weight excluding hydrogens is 348 g/mol. The highest BCUT2D eigenvalue weighted by atomic mass is 16.2. The number of amides is 4. The van der Waals surface area contributed by atoms with Crippen LogP contribution in [0.25, 0.3) is 0 Å². The number of carbonyl (C=O) groups is 4. The average Bonchev–Trinajstić information content (AvgIpc) is 2.90. The fraction of sp³-hybridized carbons (Fsp3) is 0.474. The van der Waals surface area contributed by atoms with E-state index in [1.54, 1.807) is 12.1 Å². The minimum Gasteiger partial charge on any atom is -0.317 e. The van der Waals surface area contributed by atoms with Crippen molar-refractivity contribution >= 4 is 23.6 Å². The third-order valence-electron chi connectivity index (χ3n) is 5.12. The molecule has 3 rings (SSSR count). The molecule has 0 spiro atoms. The Morgan fingerprint density at radius 2 is 2.00 bits per heavy atom. The first-order valence-corrected chi connectivity index (χ1v) is 9.15. The second-order valence-electron chi connectivity index (χ2n) is 6.94. The lowest BCUT2D eigenvalue weighted by atomic mass is 10.0. The van der Waals surface area contributed by atoms with E-state index in [4.69, 9.17) is 0 Å². The molecular formula is C19H24N4O4. The summed E-state index contributed by atoms with van der Waals surface area (Å²) in [5.41, 5.74) is 1.40. The van der Waals surface area contributed by atoms with Crippen LogP contribution in [0.15, 0.2) is 18.2 Å². The number of piperidine rings is 1. The molecule has 0 aliphatic carbocycles. The van der Waals surface area contributed by atoms with E-state index in [0.717, 1.165) is 23.4 Å². The van der Waals surface area contributed by atoms with E-state index < -0.39 is 23.8 Å². The molecule has 0 bridgehead atoms. The van der Waals surface area contributed by atoms with Crippen LogP contribution >= 0.6 is 0 Å². The minimum absolute atomic E-state index is 0.113. The van der Waals surface area contributed by atoms with Gasteiger partial charge in [-0.15, -0.1) is 0 Å². The molecule has 1 aromatic rings. The van der Waals surface area contributed by atoms with Crippen molar-refractivity contribution in [1.29, 1.82) is 0 Å². The molecule has 2 unspecified atom stereocenters. The lowest BCUT2D eigenvalue weighted by molar-refractivity contribution is -0.136. The number of imide groups is 2. The van der Waals surface area contributed by atoms with Crippen LogP contribution < -0.4 is 16.0 Å². The number of benzene rings is 1. The Morgan fingerprint density at radius 1 is 1.22 bits per heavy atom. The van der Waals surface area contributed by atoms with Crippen molar-refractivity contribution in [1.82, 2.24) is 20.9 Å². The van der Waals surface area contributed by atoms with Gasteiger partial charge in [0, 0.05) is 19.0 Å². The summed E-state index contributed by atoms with van der Waals surface area (Å²) in [5, 5.41) is 8.66. The summed E-state index contributed by atoms with van der Waals surface area (Å²) in [6, 6.07) is 4.60. The molecule has 8 heteroatoms. The number of nitrogens with zero attached hydrogens (tertiary/aromatic N) is 1. The monoisotopic (exact) mass is 372 g/mol. The first-order valence-electron chi connectivity index (χ1n) is 9.15. The Balaban J connectivity index is 1.76. The fourth-order valence-corrected chi connectivity index (χ4v) is 3.42. The summed E-state index contributed by atoms with van der Waals surface area (Å²) in [6.07, 6.45) is 1.20. The SMILES string of the molecule is CNC(C)CCNCc1cccc2c1C(=O)N(C1CCC(=O)NC1=O)C2=O. The van der Waals surface area contributed by atoms with Gasteiger partial charge in [0.25, 0.3) is 11.8 Å². The Morgan fingerprint density at radius 3 is 2.70 bits per heavy atom. The van der Waals surface area contributed by atoms with E-state index in [1.807, 2.05) is 13.1 Å². The molecule has 2 atom stereocenters. The van der Waals surface area contributed by atoms with Crippen molar-refractivity contribution in [2.45, 2.75) is 44.8 Å². The third-order valence-corrected chi connectivity index (χ3v) is 5.12. The van der Waals surface area contributed by atoms with Crippen LogP contribution in [-0.4, -0.2) is 54.2 Å². The van der Waals surface area contributed by atoms with Gasteiger partial charge in [0.1, 0.15) is 6.04 Å². The largest absolute Gasteiger partial charge is 0.317 e. The molecule has 0 radical (unpaired) electrons. The molecule has 1 aromatic carbocycles. The van der Waals surface area contributed by atoms with Crippen molar-refractivity contribution < 1.29 is 19.2 Å². The van der Waals surface area contributed by atoms with Gasteiger partial charge in [-0.05, 0) is 45.0 Å². The molecule has 3 N–H and O–H groups in total. The maximum Gasteiger partial charge on any atom is 0.262 e. The molecule has 2 aliphatic heterocycles. The van der Waals surface area contributed by atoms with Gasteiger partial charge in [0.2, 0.25) is 11.8 Å². The summed E-state index contributed by atoms with van der Waals surface area (Å²) in [5.74, 6) is -1.92. The first kappa shape index (κ1) is 19.2. The van der Waals surface area contributed by atoms with Crippen molar-refractivity contribution in [3.8, 4) is 0 Å². The van der Waals surface area contributed by atoms with Gasteiger partial charge in [0.15, 0.2) is 0 Å². The Labute approximate surface area is 157 Å². The lowest BCUT2D eigenvalue weighted by Crippen LogP contribution is -2.54. The minimum atomic E-state index is -0.938. The molecule has 1 saturated heterocycles. The summed E-state index contributed by atoms with van der Waals surface area (Å²) in [4.78, 5) is 50.2. The van der Waals surface area contributed by atoms with Gasteiger partial charge in [-0.2, -0.15) is 0 Å². The number of hydrogen-bond acceptors (Lipinski definition) is 6. The zero-order valence-corrected chi connectivity index (χ0v) is 15.5. The lowest BCUT2D eigenvalue weighted by Gasteiger charge is -2.27. The van der Waals surface area contributed by atoms with Crippen LogP contribution in [0.1, 0.15) is 52.5 Å². The first-order chi connectivity index (χ1) is 12.9. The molecule has 8 nitrogen and oxygen atoms in total. The quantitative estimate of drug-likeness (QED) is 0.465. The zero-order chi connectivity index (χ0) is 19.6. The Bertz CT molecular complexity index is 792. The van der Waals surface area contributed by atoms with Crippen molar-refractivity contribution in [3.63, 3.8) is 0 Å². The van der Waals surface area contributed by atoms with Crippen LogP contribution in [0.2, 0.25) is 0 Å². The second kappa shape index (κ2) is 7.98. The highest BCUT2D eigenvalue weighted by molar-refractivity contribution is 6.24. The smallest absolute Gasteiger partial charge is 0.262 e. The standard InChI is InChI=1S/C19H24N4O4/c1-11(20-2)8-9-21-10-12-4-3-5-13-16(12)19(27)23(18(13)26)14-6-7-15(24)22-17(14)25/h3-5,11,14,20-21H,6-10H2,1-2H3,(H,22,24,25). The molecule has 0 aromatic heterocycles. The third kappa shape index (κ3) is 3.77. The predicted octanol–water partition coefficient (Wildman–Crippen LogP) is 0.175. The van der Waals surface area contributed by atoms with Gasteiger partial charge in [-0.25, -0.2) is 0 Å². The van der Waals surface area contributed by atoms with Crippen LogP contribution in [0.5, 0.6) is 0 Å². The average molecular weight is 372 g/mol. The Kier molecular flexibility index (Phi) is 5.67. The van der Waals surface area contributed by atoms with E-state index in [-0.39, 0.29) is 18.7 Å². The topological polar surface area (TPSA) is 108 Å². The van der Waals surface area contributed by atoms with E-state index in [0.29, 0.717) is 23.7 Å². The summed E-state index contributed by atoms with van der Waals surface area (Å²) in [6.45, 7) is 3.31. The van der Waals surface area contributed by atoms with Gasteiger partial charge in [0.05, 0.1) is 11.1 Å². The van der Waals surface area contributed by atoms with Crippen LogP contribution in [0.3, 0.4) is 0 Å². The van der Waals surface area contributed by atoms with Crippen molar-refractivity contribution in [2.24, 2.45) is 0 Å². The molecule has 2 aliphatic rings. The normalized spacial score (nSPS) is 20.7. The summed E-state index contributed by atoms with van der Waals surface area (Å²) >= 11 is 0. The van der Waals surface area contributed by atoms with Crippen molar-refractivity contribution in [2.75, 3.05) is 13.6 Å². The zero-order valence-electron chi connectivity index (χ0n) is 15.5. The van der Waals surface area contributed by atoms with Crippen molar-refractivity contribution in [3.05, 3.63) is 34.9 Å². The molecule has 1 fully saturated rings. The molecule has 4 amide bonds. The Hall–Kier alpha value is -2.58. The van der Waals surface area contributed by atoms with Crippen LogP contribution in [0, 0.1) is 0 Å². The van der Waals surface area contributed by atoms with Gasteiger partial charge in [-0.1, -0.05) is 12.1 Å². The molecule has 0 saturated carbocycles. The fourth-order valence-electron chi connectivity index (χ4n) is 3.42. The highest BCUT2D eigenvalue weighted by Crippen LogP contribution is 2.29. The number of rotatable bonds is 7. The number of nitrogens with one attached hydrogen (secondary N) is 3. The van der Waals surface area contributed by atoms with E-state index in [9.17, 15) is 19.2 Å². The molecule has 2 heterocycles. The number of hydrogen-bond donors (Lipinski definition) is 3. The maximum atomic E-state index is 12.9. The summed E-state index contributed by atoms with van der Waals surface area (Å²) < 4.78 is 0. The van der Waals surface area contributed by atoms with Gasteiger partial charge < -0.3 is 10.6 Å². The van der Waals surface area contributed by atoms with Crippen LogP contribution in [-0.2, 0) is 16.1 Å². The van der Waals surface area contributed by atoms with Gasteiger partial charge in [-0.3, -0.25) is 29.4 Å². The highest BCUT2D eigenvalue weighted by Gasteiger charge is 2.45. The predicted molar refractivity (Wildman–Crippen MR) is 98.0 cm³/mol. The van der Waals surface area contributed by atoms with Gasteiger partial charge >= 0.3 is 0 Å². The van der Waals surface area contributed by atoms with E-state index in [1.165, 1.54) is 0 Å². The summed E-state index contributed by atoms with van der Waals surface area (Å²) in [7, 11) is 1.91. The molecule has 144 valence electrons. The van der Waals surface area contributed by atoms with Crippen LogP contribution in [0.4, 0.5) is 0 Å². The number of carbonyl (C=O) groups excluding carboxylic acids is 4. The second-order valence-corrected chi connectivity index (χ2v) is 6.94. The maximum absolute atomic E-state index is 12.9. The van der Waals surface area contributed by atoms with E-state index >= 15 is 0 Å².